The number of carboxylic acid groups (broad SMARTS) is 1. The molecule has 0 aliphatic carbocycles. The van der Waals surface area contributed by atoms with Gasteiger partial charge < -0.3 is 15.2 Å². The molecule has 1 aromatic rings. The van der Waals surface area contributed by atoms with Gasteiger partial charge in [-0.15, -0.1) is 0 Å². The van der Waals surface area contributed by atoms with Crippen LogP contribution in [-0.2, 0) is 14.3 Å². The molecule has 0 aromatic heterocycles. The number of nitrogens with one attached hydrogen (secondary N) is 1. The summed E-state index contributed by atoms with van der Waals surface area (Å²) in [5.41, 5.74) is 0.300. The van der Waals surface area contributed by atoms with Gasteiger partial charge in [-0.2, -0.15) is 0 Å². The third-order valence-corrected chi connectivity index (χ3v) is 2.86. The van der Waals surface area contributed by atoms with Crippen LogP contribution in [0.25, 0.3) is 0 Å². The highest BCUT2D eigenvalue weighted by atomic mass is 79.9. The zero-order valence-electron chi connectivity index (χ0n) is 10.8. The van der Waals surface area contributed by atoms with E-state index in [-0.39, 0.29) is 6.61 Å². The summed E-state index contributed by atoms with van der Waals surface area (Å²) < 4.78 is 5.36. The number of hydrogen-bond acceptors (Lipinski definition) is 4. The second-order valence-corrected chi connectivity index (χ2v) is 4.80. The summed E-state index contributed by atoms with van der Waals surface area (Å²) in [4.78, 5) is 34.2. The maximum atomic E-state index is 11.9. The van der Waals surface area contributed by atoms with Gasteiger partial charge in [-0.1, -0.05) is 22.0 Å². The molecule has 0 saturated carbocycles. The highest BCUT2D eigenvalue weighted by Gasteiger charge is 2.24. The fraction of sp³-hybridized carbons (Fsp3) is 0.308. The Morgan fingerprint density at radius 2 is 2.10 bits per heavy atom. The van der Waals surface area contributed by atoms with E-state index in [4.69, 9.17) is 5.11 Å². The van der Waals surface area contributed by atoms with Crippen molar-refractivity contribution in [3.8, 4) is 0 Å². The van der Waals surface area contributed by atoms with E-state index in [1.54, 1.807) is 31.2 Å². The lowest BCUT2D eigenvalue weighted by Gasteiger charge is -2.13. The molecule has 0 radical (unpaired) electrons. The Kier molecular flexibility index (Phi) is 6.17. The molecule has 1 aromatic carbocycles. The molecule has 1 amide bonds. The van der Waals surface area contributed by atoms with E-state index in [9.17, 15) is 14.4 Å². The summed E-state index contributed by atoms with van der Waals surface area (Å²) in [6, 6.07) is 5.17. The van der Waals surface area contributed by atoms with E-state index in [0.717, 1.165) is 0 Å². The van der Waals surface area contributed by atoms with Crippen molar-refractivity contribution in [2.45, 2.75) is 19.4 Å². The van der Waals surface area contributed by atoms with Crippen LogP contribution in [0.15, 0.2) is 28.7 Å². The maximum Gasteiger partial charge on any atom is 0.326 e. The second-order valence-electron chi connectivity index (χ2n) is 3.88. The summed E-state index contributed by atoms with van der Waals surface area (Å²) in [7, 11) is 0. The number of carbonyl (C=O) groups is 3. The van der Waals surface area contributed by atoms with Gasteiger partial charge in [0, 0.05) is 10.0 Å². The van der Waals surface area contributed by atoms with E-state index in [1.165, 1.54) is 0 Å². The molecule has 0 heterocycles. The quantitative estimate of drug-likeness (QED) is 0.765. The third-order valence-electron chi connectivity index (χ3n) is 2.37. The van der Waals surface area contributed by atoms with Crippen LogP contribution >= 0.6 is 15.9 Å². The average molecular weight is 344 g/mol. The fourth-order valence-electron chi connectivity index (χ4n) is 1.46. The minimum absolute atomic E-state index is 0.157. The monoisotopic (exact) mass is 343 g/mol. The number of amides is 1. The zero-order chi connectivity index (χ0) is 15.1. The Balaban J connectivity index is 2.73. The van der Waals surface area contributed by atoms with Crippen molar-refractivity contribution in [3.63, 3.8) is 0 Å². The number of carboxylic acids is 1. The smallest absolute Gasteiger partial charge is 0.326 e. The van der Waals surface area contributed by atoms with Crippen molar-refractivity contribution in [2.75, 3.05) is 6.61 Å². The number of benzene rings is 1. The molecule has 0 saturated heterocycles. The summed E-state index contributed by atoms with van der Waals surface area (Å²) in [5, 5.41) is 11.3. The van der Waals surface area contributed by atoms with Gasteiger partial charge in [0.05, 0.1) is 13.0 Å². The first-order valence-electron chi connectivity index (χ1n) is 5.89. The highest BCUT2D eigenvalue weighted by molar-refractivity contribution is 9.10. The molecule has 1 rings (SSSR count). The molecule has 1 atom stereocenters. The lowest BCUT2D eigenvalue weighted by molar-refractivity contribution is -0.149. The standard InChI is InChI=1S/C13H14BrNO5/c1-2-20-11(16)7-10(13(18)19)15-12(17)8-4-3-5-9(14)6-8/h3-6,10H,2,7H2,1H3,(H,15,17)(H,18,19)/t10-/m1/s1. The number of carbonyl (C=O) groups excluding carboxylic acids is 2. The molecule has 7 heteroatoms. The van der Waals surface area contributed by atoms with Gasteiger partial charge in [-0.25, -0.2) is 4.79 Å². The molecule has 0 spiro atoms. The van der Waals surface area contributed by atoms with Gasteiger partial charge in [-0.3, -0.25) is 9.59 Å². The highest BCUT2D eigenvalue weighted by Crippen LogP contribution is 2.12. The van der Waals surface area contributed by atoms with Gasteiger partial charge in [0.1, 0.15) is 6.04 Å². The van der Waals surface area contributed by atoms with Crippen molar-refractivity contribution < 1.29 is 24.2 Å². The number of aliphatic carboxylic acids is 1. The molecule has 0 aliphatic heterocycles. The fourth-order valence-corrected chi connectivity index (χ4v) is 1.86. The van der Waals surface area contributed by atoms with Gasteiger partial charge in [0.25, 0.3) is 5.91 Å². The maximum absolute atomic E-state index is 11.9. The summed E-state index contributed by atoms with van der Waals surface area (Å²) in [6.07, 6.45) is -0.414. The van der Waals surface area contributed by atoms with Crippen molar-refractivity contribution in [1.29, 1.82) is 0 Å². The number of esters is 1. The van der Waals surface area contributed by atoms with Gasteiger partial charge >= 0.3 is 11.9 Å². The molecule has 6 nitrogen and oxygen atoms in total. The predicted octanol–water partition coefficient (Wildman–Crippen LogP) is 1.59. The lowest BCUT2D eigenvalue weighted by atomic mass is 10.1. The molecular weight excluding hydrogens is 330 g/mol. The normalized spacial score (nSPS) is 11.5. The summed E-state index contributed by atoms with van der Waals surface area (Å²) in [6.45, 7) is 1.78. The van der Waals surface area contributed by atoms with Gasteiger partial charge in [0.2, 0.25) is 0 Å². The lowest BCUT2D eigenvalue weighted by Crippen LogP contribution is -2.42. The summed E-state index contributed by atoms with van der Waals surface area (Å²) >= 11 is 3.22. The van der Waals surface area contributed by atoms with Gasteiger partial charge in [0.15, 0.2) is 0 Å². The molecule has 0 aliphatic rings. The van der Waals surface area contributed by atoms with Crippen LogP contribution in [0.1, 0.15) is 23.7 Å². The third kappa shape index (κ3) is 5.00. The minimum Gasteiger partial charge on any atom is -0.480 e. The molecule has 0 bridgehead atoms. The molecule has 2 N–H and O–H groups in total. The Morgan fingerprint density at radius 1 is 1.40 bits per heavy atom. The largest absolute Gasteiger partial charge is 0.480 e. The zero-order valence-corrected chi connectivity index (χ0v) is 12.3. The minimum atomic E-state index is -1.32. The SMILES string of the molecule is CCOC(=O)C[C@@H](NC(=O)c1cccc(Br)c1)C(=O)O. The molecular formula is C13H14BrNO5. The van der Waals surface area contributed by atoms with E-state index >= 15 is 0 Å². The first-order valence-corrected chi connectivity index (χ1v) is 6.68. The molecule has 108 valence electrons. The van der Waals surface area contributed by atoms with Gasteiger partial charge in [-0.05, 0) is 25.1 Å². The Hall–Kier alpha value is -1.89. The molecule has 0 fully saturated rings. The topological polar surface area (TPSA) is 92.7 Å². The number of rotatable bonds is 6. The average Bonchev–Trinajstić information content (AvgIpc) is 2.38. The number of hydrogen-bond donors (Lipinski definition) is 2. The predicted molar refractivity (Wildman–Crippen MR) is 74.3 cm³/mol. The van der Waals surface area contributed by atoms with Crippen LogP contribution in [0.5, 0.6) is 0 Å². The van der Waals surface area contributed by atoms with Crippen LogP contribution in [0, 0.1) is 0 Å². The number of ether oxygens (including phenoxy) is 1. The van der Waals surface area contributed by atoms with E-state index in [0.29, 0.717) is 10.0 Å². The van der Waals surface area contributed by atoms with Crippen molar-refractivity contribution >= 4 is 33.8 Å². The van der Waals surface area contributed by atoms with Crippen molar-refractivity contribution in [2.24, 2.45) is 0 Å². The first-order chi connectivity index (χ1) is 9.43. The van der Waals surface area contributed by atoms with Crippen LogP contribution in [0.4, 0.5) is 0 Å². The Labute approximate surface area is 124 Å². The van der Waals surface area contributed by atoms with Crippen molar-refractivity contribution in [3.05, 3.63) is 34.3 Å². The van der Waals surface area contributed by atoms with Crippen LogP contribution in [0.2, 0.25) is 0 Å². The Bertz CT molecular complexity index is 517. The van der Waals surface area contributed by atoms with E-state index in [2.05, 4.69) is 26.0 Å². The van der Waals surface area contributed by atoms with E-state index in [1.807, 2.05) is 0 Å². The molecule has 20 heavy (non-hydrogen) atoms. The van der Waals surface area contributed by atoms with Crippen LogP contribution in [-0.4, -0.2) is 35.6 Å². The summed E-state index contributed by atoms with van der Waals surface area (Å²) in [5.74, 6) is -2.53. The van der Waals surface area contributed by atoms with Crippen LogP contribution in [0.3, 0.4) is 0 Å². The Morgan fingerprint density at radius 3 is 2.65 bits per heavy atom. The van der Waals surface area contributed by atoms with E-state index < -0.39 is 30.3 Å². The molecule has 0 unspecified atom stereocenters. The number of halogens is 1. The van der Waals surface area contributed by atoms with Crippen molar-refractivity contribution in [1.82, 2.24) is 5.32 Å². The van der Waals surface area contributed by atoms with Crippen LogP contribution < -0.4 is 5.32 Å². The first kappa shape index (κ1) is 16.2. The second kappa shape index (κ2) is 7.64.